The average molecular weight is 141 g/mol. The highest BCUT2D eigenvalue weighted by Gasteiger charge is 2.52. The van der Waals surface area contributed by atoms with E-state index in [2.05, 4.69) is 6.07 Å². The van der Waals surface area contributed by atoms with E-state index in [1.165, 1.54) is 0 Å². The Labute approximate surface area is 60.5 Å². The number of rotatable bonds is 3. The van der Waals surface area contributed by atoms with Crippen LogP contribution in [0.5, 0.6) is 0 Å². The third-order valence-corrected chi connectivity index (χ3v) is 1.80. The lowest BCUT2D eigenvalue weighted by Crippen LogP contribution is -2.11. The molecule has 2 unspecified atom stereocenters. The van der Waals surface area contributed by atoms with Gasteiger partial charge in [-0.05, 0) is 6.92 Å². The van der Waals surface area contributed by atoms with Gasteiger partial charge < -0.3 is 9.47 Å². The van der Waals surface area contributed by atoms with Gasteiger partial charge in [0.05, 0.1) is 6.07 Å². The first-order valence-electron chi connectivity index (χ1n) is 3.29. The van der Waals surface area contributed by atoms with Crippen LogP contribution in [0.2, 0.25) is 0 Å². The molecule has 0 N–H and O–H groups in total. The third-order valence-electron chi connectivity index (χ3n) is 1.80. The van der Waals surface area contributed by atoms with Gasteiger partial charge >= 0.3 is 0 Å². The summed E-state index contributed by atoms with van der Waals surface area (Å²) in [5.41, 5.74) is -0.217. The molecule has 1 aliphatic rings. The molecule has 1 heterocycles. The quantitative estimate of drug-likeness (QED) is 0.543. The first kappa shape index (κ1) is 7.52. The fourth-order valence-corrected chi connectivity index (χ4v) is 0.893. The van der Waals surface area contributed by atoms with Gasteiger partial charge in [0, 0.05) is 20.1 Å². The van der Waals surface area contributed by atoms with Gasteiger partial charge in [-0.15, -0.1) is 0 Å². The van der Waals surface area contributed by atoms with E-state index < -0.39 is 0 Å². The van der Waals surface area contributed by atoms with Crippen molar-refractivity contribution in [2.45, 2.75) is 25.0 Å². The van der Waals surface area contributed by atoms with Gasteiger partial charge in [-0.2, -0.15) is 5.26 Å². The second-order valence-electron chi connectivity index (χ2n) is 2.68. The maximum Gasteiger partial charge on any atom is 0.173 e. The Kier molecular flexibility index (Phi) is 1.93. The van der Waals surface area contributed by atoms with Crippen LogP contribution in [0, 0.1) is 11.3 Å². The minimum Gasteiger partial charge on any atom is -0.385 e. The second-order valence-corrected chi connectivity index (χ2v) is 2.68. The summed E-state index contributed by atoms with van der Waals surface area (Å²) in [4.78, 5) is 0. The van der Waals surface area contributed by atoms with Crippen LogP contribution in [0.15, 0.2) is 0 Å². The highest BCUT2D eigenvalue weighted by molar-refractivity contribution is 5.11. The number of nitrogens with zero attached hydrogens (tertiary/aromatic N) is 1. The lowest BCUT2D eigenvalue weighted by atomic mass is 10.1. The molecule has 1 fully saturated rings. The molecular formula is C7H11NO2. The number of methoxy groups -OCH3 is 1. The zero-order chi connectivity index (χ0) is 7.61. The molecule has 2 atom stereocenters. The number of hydrogen-bond donors (Lipinski definition) is 0. The Morgan fingerprint density at radius 2 is 2.50 bits per heavy atom. The lowest BCUT2D eigenvalue weighted by molar-refractivity contribution is 0.164. The number of nitriles is 1. The van der Waals surface area contributed by atoms with Crippen LogP contribution in [0.1, 0.15) is 13.3 Å². The summed E-state index contributed by atoms with van der Waals surface area (Å²) in [7, 11) is 1.65. The number of hydrogen-bond acceptors (Lipinski definition) is 3. The van der Waals surface area contributed by atoms with Gasteiger partial charge in [-0.3, -0.25) is 0 Å². The summed E-state index contributed by atoms with van der Waals surface area (Å²) in [5, 5.41) is 8.43. The van der Waals surface area contributed by atoms with Crippen LogP contribution in [-0.2, 0) is 9.47 Å². The molecule has 0 radical (unpaired) electrons. The molecule has 0 aromatic rings. The largest absolute Gasteiger partial charge is 0.385 e. The second kappa shape index (κ2) is 2.57. The van der Waals surface area contributed by atoms with Crippen molar-refractivity contribution in [1.29, 1.82) is 5.26 Å². The van der Waals surface area contributed by atoms with E-state index in [-0.39, 0.29) is 11.7 Å². The van der Waals surface area contributed by atoms with Crippen molar-refractivity contribution in [3.8, 4) is 6.07 Å². The topological polar surface area (TPSA) is 45.5 Å². The van der Waals surface area contributed by atoms with Crippen molar-refractivity contribution in [2.75, 3.05) is 13.7 Å². The molecule has 3 nitrogen and oxygen atoms in total. The van der Waals surface area contributed by atoms with Crippen LogP contribution >= 0.6 is 0 Å². The van der Waals surface area contributed by atoms with Crippen molar-refractivity contribution in [3.05, 3.63) is 0 Å². The SMILES string of the molecule is COCCC1(C)OC1C#N. The minimum atomic E-state index is -0.217. The van der Waals surface area contributed by atoms with E-state index in [1.807, 2.05) is 6.92 Å². The minimum absolute atomic E-state index is 0.206. The van der Waals surface area contributed by atoms with Crippen molar-refractivity contribution >= 4 is 0 Å². The first-order valence-corrected chi connectivity index (χ1v) is 3.29. The van der Waals surface area contributed by atoms with Gasteiger partial charge in [0.2, 0.25) is 0 Å². The molecule has 0 bridgehead atoms. The molecule has 0 aromatic heterocycles. The van der Waals surface area contributed by atoms with E-state index in [9.17, 15) is 0 Å². The summed E-state index contributed by atoms with van der Waals surface area (Å²) >= 11 is 0. The van der Waals surface area contributed by atoms with Crippen LogP contribution < -0.4 is 0 Å². The molecule has 1 saturated heterocycles. The summed E-state index contributed by atoms with van der Waals surface area (Å²) in [5.74, 6) is 0. The number of ether oxygens (including phenoxy) is 2. The maximum atomic E-state index is 8.43. The third kappa shape index (κ3) is 1.28. The highest BCUT2D eigenvalue weighted by Crippen LogP contribution is 2.38. The Bertz CT molecular complexity index is 163. The normalized spacial score (nSPS) is 37.1. The summed E-state index contributed by atoms with van der Waals surface area (Å²) in [6.07, 6.45) is 0.601. The number of epoxide rings is 1. The van der Waals surface area contributed by atoms with E-state index in [0.717, 1.165) is 6.42 Å². The Morgan fingerprint density at radius 1 is 1.80 bits per heavy atom. The van der Waals surface area contributed by atoms with Gasteiger partial charge in [0.15, 0.2) is 6.10 Å². The Morgan fingerprint density at radius 3 is 2.90 bits per heavy atom. The van der Waals surface area contributed by atoms with Crippen molar-refractivity contribution in [3.63, 3.8) is 0 Å². The van der Waals surface area contributed by atoms with E-state index >= 15 is 0 Å². The smallest absolute Gasteiger partial charge is 0.173 e. The molecule has 0 amide bonds. The van der Waals surface area contributed by atoms with Gasteiger partial charge in [0.25, 0.3) is 0 Å². The average Bonchev–Trinajstić information content (AvgIpc) is 2.59. The molecule has 3 heteroatoms. The molecule has 0 saturated carbocycles. The fourth-order valence-electron chi connectivity index (χ4n) is 0.893. The predicted molar refractivity (Wildman–Crippen MR) is 35.4 cm³/mol. The lowest BCUT2D eigenvalue weighted by Gasteiger charge is -2.01. The van der Waals surface area contributed by atoms with Gasteiger partial charge in [-0.1, -0.05) is 0 Å². The zero-order valence-corrected chi connectivity index (χ0v) is 6.26. The summed E-state index contributed by atoms with van der Waals surface area (Å²) < 4.78 is 9.98. The summed E-state index contributed by atoms with van der Waals surface area (Å²) in [6, 6.07) is 2.06. The Hall–Kier alpha value is -0.590. The van der Waals surface area contributed by atoms with Crippen LogP contribution in [0.25, 0.3) is 0 Å². The molecule has 0 spiro atoms. The monoisotopic (exact) mass is 141 g/mol. The molecule has 1 rings (SSSR count). The van der Waals surface area contributed by atoms with Crippen molar-refractivity contribution in [2.24, 2.45) is 0 Å². The molecular weight excluding hydrogens is 130 g/mol. The van der Waals surface area contributed by atoms with Crippen LogP contribution in [0.4, 0.5) is 0 Å². The van der Waals surface area contributed by atoms with E-state index in [0.29, 0.717) is 6.61 Å². The molecule has 10 heavy (non-hydrogen) atoms. The molecule has 1 aliphatic heterocycles. The summed E-state index contributed by atoms with van der Waals surface area (Å²) in [6.45, 7) is 2.59. The zero-order valence-electron chi connectivity index (χ0n) is 6.26. The maximum absolute atomic E-state index is 8.43. The van der Waals surface area contributed by atoms with Crippen LogP contribution in [-0.4, -0.2) is 25.4 Å². The Balaban J connectivity index is 2.24. The van der Waals surface area contributed by atoms with E-state index in [4.69, 9.17) is 14.7 Å². The first-order chi connectivity index (χ1) is 4.73. The van der Waals surface area contributed by atoms with Gasteiger partial charge in [-0.25, -0.2) is 0 Å². The molecule has 0 aromatic carbocycles. The molecule has 56 valence electrons. The van der Waals surface area contributed by atoms with E-state index in [1.54, 1.807) is 7.11 Å². The predicted octanol–water partition coefficient (Wildman–Crippen LogP) is 0.704. The highest BCUT2D eigenvalue weighted by atomic mass is 16.6. The van der Waals surface area contributed by atoms with Gasteiger partial charge in [0.1, 0.15) is 5.60 Å². The standard InChI is InChI=1S/C7H11NO2/c1-7(3-4-9-2)6(5-8)10-7/h6H,3-4H2,1-2H3. The van der Waals surface area contributed by atoms with Crippen LogP contribution in [0.3, 0.4) is 0 Å². The van der Waals surface area contributed by atoms with Crippen molar-refractivity contribution < 1.29 is 9.47 Å². The molecule has 0 aliphatic carbocycles. The fraction of sp³-hybridized carbons (Fsp3) is 0.857. The van der Waals surface area contributed by atoms with Crippen molar-refractivity contribution in [1.82, 2.24) is 0 Å².